The van der Waals surface area contributed by atoms with Gasteiger partial charge in [0.1, 0.15) is 0 Å². The third kappa shape index (κ3) is 4.19. The molecular formula is C15H14ClN3O3S2. The van der Waals surface area contributed by atoms with Crippen molar-refractivity contribution in [2.45, 2.75) is 18.7 Å². The molecule has 0 saturated carbocycles. The first kappa shape index (κ1) is 17.1. The van der Waals surface area contributed by atoms with Gasteiger partial charge in [0.15, 0.2) is 5.76 Å². The molecule has 126 valence electrons. The number of hydrogen-bond acceptors (Lipinski definition) is 7. The van der Waals surface area contributed by atoms with Crippen molar-refractivity contribution in [2.75, 3.05) is 12.3 Å². The number of hydrogen-bond donors (Lipinski definition) is 0. The number of thioether (sulfide) groups is 1. The zero-order chi connectivity index (χ0) is 16.9. The van der Waals surface area contributed by atoms with E-state index in [9.17, 15) is 4.79 Å². The maximum Gasteiger partial charge on any atom is 0.284 e. The molecule has 0 aliphatic carbocycles. The SMILES string of the molecule is CCN(Cc1ccc(Cl)s1)C(=O)CSc1nnc(-c2ccco2)o1. The minimum absolute atomic E-state index is 0.00442. The van der Waals surface area contributed by atoms with Gasteiger partial charge in [0.2, 0.25) is 5.91 Å². The van der Waals surface area contributed by atoms with E-state index < -0.39 is 0 Å². The van der Waals surface area contributed by atoms with Gasteiger partial charge in [-0.3, -0.25) is 4.79 Å². The molecule has 3 aromatic rings. The van der Waals surface area contributed by atoms with Crippen molar-refractivity contribution in [3.05, 3.63) is 39.7 Å². The van der Waals surface area contributed by atoms with Gasteiger partial charge in [-0.2, -0.15) is 0 Å². The van der Waals surface area contributed by atoms with E-state index in [0.717, 1.165) is 9.21 Å². The molecule has 0 spiro atoms. The summed E-state index contributed by atoms with van der Waals surface area (Å²) in [6, 6.07) is 7.25. The lowest BCUT2D eigenvalue weighted by Crippen LogP contribution is -2.31. The van der Waals surface area contributed by atoms with Crippen LogP contribution in [0.1, 0.15) is 11.8 Å². The molecule has 6 nitrogen and oxygen atoms in total. The lowest BCUT2D eigenvalue weighted by molar-refractivity contribution is -0.128. The molecule has 0 saturated heterocycles. The normalized spacial score (nSPS) is 10.9. The molecule has 24 heavy (non-hydrogen) atoms. The zero-order valence-corrected chi connectivity index (χ0v) is 15.2. The highest BCUT2D eigenvalue weighted by Gasteiger charge is 2.17. The number of rotatable bonds is 7. The number of halogens is 1. The Bertz CT molecular complexity index is 801. The lowest BCUT2D eigenvalue weighted by atomic mass is 10.4. The third-order valence-electron chi connectivity index (χ3n) is 3.17. The van der Waals surface area contributed by atoms with Crippen molar-refractivity contribution < 1.29 is 13.6 Å². The summed E-state index contributed by atoms with van der Waals surface area (Å²) in [7, 11) is 0. The van der Waals surface area contributed by atoms with Crippen LogP contribution in [0.25, 0.3) is 11.7 Å². The predicted octanol–water partition coefficient (Wildman–Crippen LogP) is 4.19. The number of aromatic nitrogens is 2. The second-order valence-corrected chi connectivity index (χ2v) is 7.48. The van der Waals surface area contributed by atoms with E-state index in [-0.39, 0.29) is 11.7 Å². The average Bonchev–Trinajstić information content (AvgIpc) is 3.31. The fraction of sp³-hybridized carbons (Fsp3) is 0.267. The first-order valence-electron chi connectivity index (χ1n) is 7.18. The maximum absolute atomic E-state index is 12.4. The molecule has 9 heteroatoms. The summed E-state index contributed by atoms with van der Waals surface area (Å²) in [5.41, 5.74) is 0. The van der Waals surface area contributed by atoms with Gasteiger partial charge in [0.05, 0.1) is 22.9 Å². The van der Waals surface area contributed by atoms with E-state index in [1.54, 1.807) is 17.0 Å². The zero-order valence-electron chi connectivity index (χ0n) is 12.8. The molecule has 0 aliphatic heterocycles. The van der Waals surface area contributed by atoms with Crippen LogP contribution in [0.15, 0.2) is 44.6 Å². The van der Waals surface area contributed by atoms with E-state index in [1.165, 1.54) is 29.4 Å². The van der Waals surface area contributed by atoms with Gasteiger partial charge < -0.3 is 13.7 Å². The minimum Gasteiger partial charge on any atom is -0.459 e. The second kappa shape index (κ2) is 7.87. The van der Waals surface area contributed by atoms with Crippen LogP contribution in [0, 0.1) is 0 Å². The Kier molecular flexibility index (Phi) is 5.60. The smallest absolute Gasteiger partial charge is 0.284 e. The van der Waals surface area contributed by atoms with Gasteiger partial charge in [0, 0.05) is 11.4 Å². The van der Waals surface area contributed by atoms with Crippen molar-refractivity contribution in [3.8, 4) is 11.7 Å². The number of furan rings is 1. The van der Waals surface area contributed by atoms with Gasteiger partial charge in [-0.15, -0.1) is 21.5 Å². The highest BCUT2D eigenvalue weighted by Crippen LogP contribution is 2.25. The minimum atomic E-state index is 0.00442. The molecule has 0 aliphatic rings. The van der Waals surface area contributed by atoms with E-state index in [0.29, 0.717) is 30.0 Å². The summed E-state index contributed by atoms with van der Waals surface area (Å²) < 4.78 is 11.4. The number of carbonyl (C=O) groups excluding carboxylic acids is 1. The maximum atomic E-state index is 12.4. The standard InChI is InChI=1S/C15H14ClN3O3S2/c1-2-19(8-10-5-6-12(16)24-10)13(20)9-23-15-18-17-14(22-15)11-4-3-7-21-11/h3-7H,2,8-9H2,1H3. The Morgan fingerprint density at radius 2 is 2.25 bits per heavy atom. The van der Waals surface area contributed by atoms with Gasteiger partial charge in [-0.05, 0) is 31.2 Å². The largest absolute Gasteiger partial charge is 0.459 e. The van der Waals surface area contributed by atoms with Crippen molar-refractivity contribution in [1.29, 1.82) is 0 Å². The molecule has 3 aromatic heterocycles. The molecule has 0 N–H and O–H groups in total. The summed E-state index contributed by atoms with van der Waals surface area (Å²) in [5.74, 6) is 1.04. The second-order valence-electron chi connectivity index (χ2n) is 4.75. The first-order chi connectivity index (χ1) is 11.7. The Balaban J connectivity index is 1.56. The van der Waals surface area contributed by atoms with Crippen LogP contribution in [-0.4, -0.2) is 33.3 Å². The molecule has 0 aromatic carbocycles. The van der Waals surface area contributed by atoms with Gasteiger partial charge >= 0.3 is 0 Å². The van der Waals surface area contributed by atoms with Crippen LogP contribution in [-0.2, 0) is 11.3 Å². The molecule has 3 rings (SSSR count). The molecule has 0 radical (unpaired) electrons. The van der Waals surface area contributed by atoms with Crippen LogP contribution < -0.4 is 0 Å². The monoisotopic (exact) mass is 383 g/mol. The summed E-state index contributed by atoms with van der Waals surface area (Å²) in [6.45, 7) is 3.12. The lowest BCUT2D eigenvalue weighted by Gasteiger charge is -2.19. The fourth-order valence-electron chi connectivity index (χ4n) is 1.98. The highest BCUT2D eigenvalue weighted by molar-refractivity contribution is 7.99. The Morgan fingerprint density at radius 1 is 1.38 bits per heavy atom. The van der Waals surface area contributed by atoms with Crippen molar-refractivity contribution in [2.24, 2.45) is 0 Å². The third-order valence-corrected chi connectivity index (χ3v) is 5.19. The van der Waals surface area contributed by atoms with Crippen LogP contribution in [0.5, 0.6) is 0 Å². The average molecular weight is 384 g/mol. The van der Waals surface area contributed by atoms with Crippen molar-refractivity contribution in [3.63, 3.8) is 0 Å². The van der Waals surface area contributed by atoms with Crippen molar-refractivity contribution in [1.82, 2.24) is 15.1 Å². The summed E-state index contributed by atoms with van der Waals surface area (Å²) in [4.78, 5) is 15.2. The van der Waals surface area contributed by atoms with E-state index in [1.807, 2.05) is 19.1 Å². The number of amides is 1. The van der Waals surface area contributed by atoms with Crippen LogP contribution >= 0.6 is 34.7 Å². The molecule has 0 atom stereocenters. The first-order valence-corrected chi connectivity index (χ1v) is 9.36. The Hall–Kier alpha value is -1.77. The summed E-state index contributed by atoms with van der Waals surface area (Å²) >= 11 is 8.62. The van der Waals surface area contributed by atoms with Crippen LogP contribution in [0.2, 0.25) is 4.34 Å². The van der Waals surface area contributed by atoms with E-state index >= 15 is 0 Å². The number of thiophene rings is 1. The van der Waals surface area contributed by atoms with Crippen molar-refractivity contribution >= 4 is 40.6 Å². The van der Waals surface area contributed by atoms with Gasteiger partial charge in [-0.25, -0.2) is 0 Å². The fourth-order valence-corrected chi connectivity index (χ4v) is 3.75. The quantitative estimate of drug-likeness (QED) is 0.570. The molecule has 0 unspecified atom stereocenters. The number of nitrogens with zero attached hydrogens (tertiary/aromatic N) is 3. The van der Waals surface area contributed by atoms with E-state index in [2.05, 4.69) is 10.2 Å². The Labute approximate surface area is 151 Å². The van der Waals surface area contributed by atoms with Gasteiger partial charge in [0.25, 0.3) is 11.1 Å². The van der Waals surface area contributed by atoms with Gasteiger partial charge in [-0.1, -0.05) is 23.4 Å². The topological polar surface area (TPSA) is 72.4 Å². The Morgan fingerprint density at radius 3 is 2.92 bits per heavy atom. The summed E-state index contributed by atoms with van der Waals surface area (Å²) in [6.07, 6.45) is 1.53. The molecule has 0 bridgehead atoms. The van der Waals surface area contributed by atoms with Crippen LogP contribution in [0.3, 0.4) is 0 Å². The molecule has 1 amide bonds. The highest BCUT2D eigenvalue weighted by atomic mass is 35.5. The van der Waals surface area contributed by atoms with Crippen LogP contribution in [0.4, 0.5) is 0 Å². The molecular weight excluding hydrogens is 370 g/mol. The molecule has 0 fully saturated rings. The molecule has 3 heterocycles. The number of carbonyl (C=O) groups is 1. The van der Waals surface area contributed by atoms with E-state index in [4.69, 9.17) is 20.4 Å². The summed E-state index contributed by atoms with van der Waals surface area (Å²) in [5, 5.41) is 8.16. The predicted molar refractivity (Wildman–Crippen MR) is 93.1 cm³/mol.